The summed E-state index contributed by atoms with van der Waals surface area (Å²) in [6, 6.07) is 15.4. The minimum atomic E-state index is 0.425. The molecule has 2 nitrogen and oxygen atoms in total. The lowest BCUT2D eigenvalue weighted by Gasteiger charge is -2.32. The summed E-state index contributed by atoms with van der Waals surface area (Å²) in [5, 5.41) is 0. The molecular weight excluding hydrogens is 232 g/mol. The predicted octanol–water partition coefficient (Wildman–Crippen LogP) is 4.35. The molecule has 1 saturated carbocycles. The Morgan fingerprint density at radius 2 is 1.58 bits per heavy atom. The maximum atomic E-state index is 3.66. The van der Waals surface area contributed by atoms with Crippen molar-refractivity contribution in [2.75, 3.05) is 5.43 Å². The smallest absolute Gasteiger partial charge is 0.0701 e. The Labute approximate surface area is 115 Å². The van der Waals surface area contributed by atoms with Crippen LogP contribution in [-0.2, 0) is 0 Å². The monoisotopic (exact) mass is 254 g/mol. The minimum Gasteiger partial charge on any atom is -0.319 e. The molecule has 1 N–H and O–H groups in total. The summed E-state index contributed by atoms with van der Waals surface area (Å²) in [5.41, 5.74) is 5.07. The molecule has 100 valence electrons. The maximum Gasteiger partial charge on any atom is 0.0701 e. The van der Waals surface area contributed by atoms with E-state index in [9.17, 15) is 0 Å². The van der Waals surface area contributed by atoms with E-state index in [1.165, 1.54) is 37.7 Å². The van der Waals surface area contributed by atoms with Crippen LogP contribution < -0.4 is 5.43 Å². The number of rotatable bonds is 4. The van der Waals surface area contributed by atoms with Gasteiger partial charge < -0.3 is 5.43 Å². The van der Waals surface area contributed by atoms with Crippen molar-refractivity contribution in [2.24, 2.45) is 5.92 Å². The van der Waals surface area contributed by atoms with E-state index >= 15 is 0 Å². The van der Waals surface area contributed by atoms with Crippen molar-refractivity contribution in [2.45, 2.75) is 38.1 Å². The first-order valence-electron chi connectivity index (χ1n) is 7.38. The maximum absolute atomic E-state index is 3.66. The van der Waals surface area contributed by atoms with Crippen LogP contribution in [0, 0.1) is 5.92 Å². The Kier molecular flexibility index (Phi) is 3.87. The fourth-order valence-electron chi connectivity index (χ4n) is 3.16. The summed E-state index contributed by atoms with van der Waals surface area (Å²) in [7, 11) is 0. The SMILES string of the molecule is c1ccc(C(Nn2cccc2)C2CCCCC2)cc1. The number of aromatic nitrogens is 1. The lowest BCUT2D eigenvalue weighted by Crippen LogP contribution is -2.28. The molecule has 1 aliphatic rings. The molecule has 0 amide bonds. The molecule has 1 aromatic carbocycles. The predicted molar refractivity (Wildman–Crippen MR) is 79.6 cm³/mol. The van der Waals surface area contributed by atoms with Gasteiger partial charge in [-0.25, -0.2) is 0 Å². The number of benzene rings is 1. The zero-order valence-electron chi connectivity index (χ0n) is 11.3. The van der Waals surface area contributed by atoms with Crippen LogP contribution in [-0.4, -0.2) is 4.68 Å². The third-order valence-corrected chi connectivity index (χ3v) is 4.17. The molecule has 3 rings (SSSR count). The van der Waals surface area contributed by atoms with E-state index in [1.807, 2.05) is 0 Å². The van der Waals surface area contributed by atoms with Crippen LogP contribution in [0.5, 0.6) is 0 Å². The number of hydrogen-bond acceptors (Lipinski definition) is 1. The van der Waals surface area contributed by atoms with E-state index in [0.717, 1.165) is 5.92 Å². The molecule has 1 aromatic heterocycles. The third kappa shape index (κ3) is 3.01. The molecule has 1 fully saturated rings. The highest BCUT2D eigenvalue weighted by atomic mass is 15.4. The number of nitrogens with one attached hydrogen (secondary N) is 1. The summed E-state index contributed by atoms with van der Waals surface area (Å²) in [6.07, 6.45) is 11.0. The minimum absolute atomic E-state index is 0.425. The fourth-order valence-corrected chi connectivity index (χ4v) is 3.16. The first-order valence-corrected chi connectivity index (χ1v) is 7.38. The number of hydrogen-bond donors (Lipinski definition) is 1. The molecule has 2 aromatic rings. The van der Waals surface area contributed by atoms with Crippen molar-refractivity contribution in [3.63, 3.8) is 0 Å². The highest BCUT2D eigenvalue weighted by Gasteiger charge is 2.24. The van der Waals surface area contributed by atoms with Gasteiger partial charge in [-0.3, -0.25) is 4.68 Å². The molecule has 0 radical (unpaired) electrons. The second kappa shape index (κ2) is 5.96. The van der Waals surface area contributed by atoms with E-state index in [-0.39, 0.29) is 0 Å². The van der Waals surface area contributed by atoms with Crippen molar-refractivity contribution in [1.82, 2.24) is 4.68 Å². The van der Waals surface area contributed by atoms with E-state index in [2.05, 4.69) is 65.0 Å². The molecule has 0 saturated heterocycles. The second-order valence-electron chi connectivity index (χ2n) is 5.51. The first kappa shape index (κ1) is 12.3. The van der Waals surface area contributed by atoms with E-state index < -0.39 is 0 Å². The fraction of sp³-hybridized carbons (Fsp3) is 0.412. The number of nitrogens with zero attached hydrogens (tertiary/aromatic N) is 1. The zero-order valence-corrected chi connectivity index (χ0v) is 11.3. The average Bonchev–Trinajstić information content (AvgIpc) is 3.00. The van der Waals surface area contributed by atoms with Gasteiger partial charge in [0.15, 0.2) is 0 Å². The van der Waals surface area contributed by atoms with Gasteiger partial charge in [-0.2, -0.15) is 0 Å². The van der Waals surface area contributed by atoms with Gasteiger partial charge in [0.05, 0.1) is 6.04 Å². The Bertz CT molecular complexity index is 469. The molecule has 1 unspecified atom stereocenters. The average molecular weight is 254 g/mol. The normalized spacial score (nSPS) is 18.1. The molecule has 1 atom stereocenters. The van der Waals surface area contributed by atoms with Crippen LogP contribution in [0.3, 0.4) is 0 Å². The van der Waals surface area contributed by atoms with Crippen molar-refractivity contribution < 1.29 is 0 Å². The van der Waals surface area contributed by atoms with Gasteiger partial charge >= 0.3 is 0 Å². The Morgan fingerprint density at radius 3 is 2.26 bits per heavy atom. The van der Waals surface area contributed by atoms with Crippen molar-refractivity contribution >= 4 is 0 Å². The molecule has 0 aliphatic heterocycles. The second-order valence-corrected chi connectivity index (χ2v) is 5.51. The van der Waals surface area contributed by atoms with Crippen LogP contribution in [0.4, 0.5) is 0 Å². The van der Waals surface area contributed by atoms with Crippen LogP contribution in [0.15, 0.2) is 54.9 Å². The van der Waals surface area contributed by atoms with Crippen LogP contribution in [0.1, 0.15) is 43.7 Å². The van der Waals surface area contributed by atoms with E-state index in [0.29, 0.717) is 6.04 Å². The standard InChI is InChI=1S/C17H22N2/c1-3-9-15(10-4-1)17(16-11-5-2-6-12-16)18-19-13-7-8-14-19/h1,3-4,7-10,13-14,16-18H,2,5-6,11-12H2. The van der Waals surface area contributed by atoms with E-state index in [4.69, 9.17) is 0 Å². The van der Waals surface area contributed by atoms with Crippen LogP contribution in [0.25, 0.3) is 0 Å². The van der Waals surface area contributed by atoms with Crippen LogP contribution in [0.2, 0.25) is 0 Å². The van der Waals surface area contributed by atoms with Crippen molar-refractivity contribution in [3.8, 4) is 0 Å². The van der Waals surface area contributed by atoms with Crippen molar-refractivity contribution in [1.29, 1.82) is 0 Å². The van der Waals surface area contributed by atoms with Crippen LogP contribution >= 0.6 is 0 Å². The van der Waals surface area contributed by atoms with E-state index in [1.54, 1.807) is 0 Å². The molecule has 2 heteroatoms. The van der Waals surface area contributed by atoms with Gasteiger partial charge in [0.25, 0.3) is 0 Å². The Balaban J connectivity index is 1.82. The van der Waals surface area contributed by atoms with Gasteiger partial charge in [-0.15, -0.1) is 0 Å². The molecule has 1 heterocycles. The van der Waals surface area contributed by atoms with Gasteiger partial charge in [0.1, 0.15) is 0 Å². The van der Waals surface area contributed by atoms with Crippen molar-refractivity contribution in [3.05, 3.63) is 60.4 Å². The third-order valence-electron chi connectivity index (χ3n) is 4.17. The summed E-state index contributed by atoms with van der Waals surface area (Å²) in [5.74, 6) is 0.749. The largest absolute Gasteiger partial charge is 0.319 e. The topological polar surface area (TPSA) is 17.0 Å². The van der Waals surface area contributed by atoms with Gasteiger partial charge in [0.2, 0.25) is 0 Å². The first-order chi connectivity index (χ1) is 9.43. The summed E-state index contributed by atoms with van der Waals surface area (Å²) >= 11 is 0. The molecule has 0 bridgehead atoms. The zero-order chi connectivity index (χ0) is 12.9. The molecular formula is C17H22N2. The van der Waals surface area contributed by atoms with Gasteiger partial charge in [-0.05, 0) is 36.5 Å². The molecule has 1 aliphatic carbocycles. The highest BCUT2D eigenvalue weighted by molar-refractivity contribution is 5.22. The van der Waals surface area contributed by atoms with Gasteiger partial charge in [-0.1, -0.05) is 49.6 Å². The summed E-state index contributed by atoms with van der Waals surface area (Å²) in [4.78, 5) is 0. The summed E-state index contributed by atoms with van der Waals surface area (Å²) in [6.45, 7) is 0. The lowest BCUT2D eigenvalue weighted by atomic mass is 9.81. The highest BCUT2D eigenvalue weighted by Crippen LogP contribution is 2.34. The molecule has 19 heavy (non-hydrogen) atoms. The lowest BCUT2D eigenvalue weighted by molar-refractivity contribution is 0.309. The summed E-state index contributed by atoms with van der Waals surface area (Å²) < 4.78 is 2.09. The molecule has 0 spiro atoms. The quantitative estimate of drug-likeness (QED) is 0.858. The van der Waals surface area contributed by atoms with Gasteiger partial charge in [0, 0.05) is 12.4 Å². The Morgan fingerprint density at radius 1 is 0.895 bits per heavy atom. The Hall–Kier alpha value is -1.70.